The molecule has 0 radical (unpaired) electrons. The minimum Gasteiger partial charge on any atom is -0.489 e. The first-order valence-corrected chi connectivity index (χ1v) is 6.30. The summed E-state index contributed by atoms with van der Waals surface area (Å²) in [5, 5.41) is 2.44. The maximum absolute atomic E-state index is 5.72. The molecule has 0 bridgehead atoms. The van der Waals surface area contributed by atoms with Crippen LogP contribution in [0.1, 0.15) is 26.3 Å². The molecule has 18 heavy (non-hydrogen) atoms. The van der Waals surface area contributed by atoms with Crippen LogP contribution in [0.2, 0.25) is 0 Å². The van der Waals surface area contributed by atoms with Crippen LogP contribution in [-0.2, 0) is 5.41 Å². The van der Waals surface area contributed by atoms with E-state index in [-0.39, 0.29) is 5.41 Å². The van der Waals surface area contributed by atoms with Crippen molar-refractivity contribution in [1.29, 1.82) is 0 Å². The van der Waals surface area contributed by atoms with Gasteiger partial charge in [-0.25, -0.2) is 0 Å². The summed E-state index contributed by atoms with van der Waals surface area (Å²) in [7, 11) is 0. The van der Waals surface area contributed by atoms with Crippen LogP contribution < -0.4 is 4.74 Å². The molecule has 2 aromatic rings. The molecule has 0 N–H and O–H groups in total. The number of fused-ring (bicyclic) bond motifs is 1. The van der Waals surface area contributed by atoms with E-state index < -0.39 is 0 Å². The van der Waals surface area contributed by atoms with Gasteiger partial charge in [-0.05, 0) is 22.4 Å². The second kappa shape index (κ2) is 4.85. The Labute approximate surface area is 109 Å². The Bertz CT molecular complexity index is 561. The number of hydrogen-bond donors (Lipinski definition) is 0. The molecule has 1 nitrogen and oxygen atoms in total. The molecule has 0 aliphatic rings. The zero-order valence-electron chi connectivity index (χ0n) is 11.4. The summed E-state index contributed by atoms with van der Waals surface area (Å²) < 4.78 is 5.72. The molecule has 0 fully saturated rings. The molecule has 0 atom stereocenters. The van der Waals surface area contributed by atoms with Gasteiger partial charge in [-0.1, -0.05) is 63.8 Å². The lowest BCUT2D eigenvalue weighted by atomic mass is 9.83. The molecule has 2 aromatic carbocycles. The summed E-state index contributed by atoms with van der Waals surface area (Å²) in [5.41, 5.74) is 1.49. The second-order valence-corrected chi connectivity index (χ2v) is 5.51. The van der Waals surface area contributed by atoms with E-state index in [1.165, 1.54) is 16.3 Å². The lowest BCUT2D eigenvalue weighted by Gasteiger charge is -2.22. The first kappa shape index (κ1) is 12.7. The Morgan fingerprint density at radius 1 is 1.06 bits per heavy atom. The summed E-state index contributed by atoms with van der Waals surface area (Å²) >= 11 is 0. The van der Waals surface area contributed by atoms with Gasteiger partial charge in [-0.2, -0.15) is 0 Å². The topological polar surface area (TPSA) is 9.23 Å². The normalized spacial score (nSPS) is 11.5. The van der Waals surface area contributed by atoms with Gasteiger partial charge < -0.3 is 4.74 Å². The van der Waals surface area contributed by atoms with Crippen LogP contribution in [0.15, 0.2) is 49.1 Å². The van der Waals surface area contributed by atoms with E-state index in [0.29, 0.717) is 6.61 Å². The number of benzene rings is 2. The second-order valence-electron chi connectivity index (χ2n) is 5.51. The maximum atomic E-state index is 5.72. The van der Waals surface area contributed by atoms with E-state index >= 15 is 0 Å². The maximum Gasteiger partial charge on any atom is 0.127 e. The van der Waals surface area contributed by atoms with Crippen LogP contribution in [0.5, 0.6) is 5.75 Å². The standard InChI is InChI=1S/C17H20O/c1-5-12-18-16-11-7-8-13-14(16)9-6-10-15(13)17(2,3)4/h5-11H,1,12H2,2-4H3. The highest BCUT2D eigenvalue weighted by molar-refractivity contribution is 5.91. The summed E-state index contributed by atoms with van der Waals surface area (Å²) in [6.45, 7) is 10.9. The zero-order valence-corrected chi connectivity index (χ0v) is 11.4. The van der Waals surface area contributed by atoms with Gasteiger partial charge in [0, 0.05) is 5.39 Å². The van der Waals surface area contributed by atoms with Crippen LogP contribution in [0.4, 0.5) is 0 Å². The molecular weight excluding hydrogens is 220 g/mol. The lowest BCUT2D eigenvalue weighted by molar-refractivity contribution is 0.367. The molecule has 1 heteroatoms. The fourth-order valence-corrected chi connectivity index (χ4v) is 2.21. The fraction of sp³-hybridized carbons (Fsp3) is 0.294. The molecule has 0 saturated carbocycles. The van der Waals surface area contributed by atoms with Crippen LogP contribution in [-0.4, -0.2) is 6.61 Å². The Morgan fingerprint density at radius 3 is 2.39 bits per heavy atom. The SMILES string of the molecule is C=CCOc1cccc2c(C(C)(C)C)cccc12. The molecule has 94 valence electrons. The van der Waals surface area contributed by atoms with Crippen molar-refractivity contribution in [3.8, 4) is 5.75 Å². The Kier molecular flexibility index (Phi) is 3.42. The lowest BCUT2D eigenvalue weighted by Crippen LogP contribution is -2.11. The minimum absolute atomic E-state index is 0.135. The average Bonchev–Trinajstić information content (AvgIpc) is 2.34. The van der Waals surface area contributed by atoms with Crippen LogP contribution in [0.3, 0.4) is 0 Å². The smallest absolute Gasteiger partial charge is 0.127 e. The van der Waals surface area contributed by atoms with E-state index in [0.717, 1.165) is 5.75 Å². The summed E-state index contributed by atoms with van der Waals surface area (Å²) in [6, 6.07) is 12.6. The van der Waals surface area contributed by atoms with Crippen molar-refractivity contribution in [2.45, 2.75) is 26.2 Å². The van der Waals surface area contributed by atoms with Crippen molar-refractivity contribution in [2.24, 2.45) is 0 Å². The molecule has 0 aliphatic heterocycles. The molecule has 0 spiro atoms. The van der Waals surface area contributed by atoms with Crippen LogP contribution in [0.25, 0.3) is 10.8 Å². The molecule has 0 aliphatic carbocycles. The molecule has 0 amide bonds. The van der Waals surface area contributed by atoms with Gasteiger partial charge in [0.1, 0.15) is 12.4 Å². The van der Waals surface area contributed by atoms with Crippen LogP contribution in [0, 0.1) is 0 Å². The van der Waals surface area contributed by atoms with Gasteiger partial charge in [0.2, 0.25) is 0 Å². The highest BCUT2D eigenvalue weighted by Gasteiger charge is 2.17. The highest BCUT2D eigenvalue weighted by Crippen LogP contribution is 2.34. The third kappa shape index (κ3) is 2.40. The largest absolute Gasteiger partial charge is 0.489 e. The molecule has 0 heterocycles. The minimum atomic E-state index is 0.135. The Morgan fingerprint density at radius 2 is 1.72 bits per heavy atom. The quantitative estimate of drug-likeness (QED) is 0.706. The third-order valence-corrected chi connectivity index (χ3v) is 3.05. The highest BCUT2D eigenvalue weighted by atomic mass is 16.5. The van der Waals surface area contributed by atoms with Gasteiger partial charge in [0.25, 0.3) is 0 Å². The first-order chi connectivity index (χ1) is 8.54. The van der Waals surface area contributed by atoms with Crippen LogP contribution >= 0.6 is 0 Å². The zero-order chi connectivity index (χ0) is 13.2. The van der Waals surface area contributed by atoms with E-state index in [9.17, 15) is 0 Å². The fourth-order valence-electron chi connectivity index (χ4n) is 2.21. The van der Waals surface area contributed by atoms with E-state index in [4.69, 9.17) is 4.74 Å². The molecule has 2 rings (SSSR count). The third-order valence-electron chi connectivity index (χ3n) is 3.05. The van der Waals surface area contributed by atoms with Crippen molar-refractivity contribution >= 4 is 10.8 Å². The predicted molar refractivity (Wildman–Crippen MR) is 78.3 cm³/mol. The number of rotatable bonds is 3. The van der Waals surface area contributed by atoms with Crippen molar-refractivity contribution in [3.63, 3.8) is 0 Å². The predicted octanol–water partition coefficient (Wildman–Crippen LogP) is 4.70. The van der Waals surface area contributed by atoms with Gasteiger partial charge in [0.05, 0.1) is 0 Å². The Balaban J connectivity index is 2.61. The number of hydrogen-bond acceptors (Lipinski definition) is 1. The number of ether oxygens (including phenoxy) is 1. The van der Waals surface area contributed by atoms with Crippen molar-refractivity contribution < 1.29 is 4.74 Å². The summed E-state index contributed by atoms with van der Waals surface area (Å²) in [6.07, 6.45) is 1.77. The van der Waals surface area contributed by atoms with Gasteiger partial charge in [-0.3, -0.25) is 0 Å². The molecule has 0 saturated heterocycles. The molecular formula is C17H20O. The average molecular weight is 240 g/mol. The summed E-state index contributed by atoms with van der Waals surface area (Å²) in [4.78, 5) is 0. The summed E-state index contributed by atoms with van der Waals surface area (Å²) in [5.74, 6) is 0.929. The van der Waals surface area contributed by atoms with E-state index in [1.54, 1.807) is 6.08 Å². The van der Waals surface area contributed by atoms with Crippen molar-refractivity contribution in [1.82, 2.24) is 0 Å². The monoisotopic (exact) mass is 240 g/mol. The van der Waals surface area contributed by atoms with Crippen molar-refractivity contribution in [2.75, 3.05) is 6.61 Å². The Hall–Kier alpha value is -1.76. The van der Waals surface area contributed by atoms with E-state index in [2.05, 4.69) is 57.7 Å². The molecule has 0 aromatic heterocycles. The first-order valence-electron chi connectivity index (χ1n) is 6.30. The van der Waals surface area contributed by atoms with Gasteiger partial charge >= 0.3 is 0 Å². The van der Waals surface area contributed by atoms with Gasteiger partial charge in [-0.15, -0.1) is 0 Å². The van der Waals surface area contributed by atoms with Gasteiger partial charge in [0.15, 0.2) is 0 Å². The van der Waals surface area contributed by atoms with E-state index in [1.807, 2.05) is 6.07 Å². The molecule has 0 unspecified atom stereocenters. The van der Waals surface area contributed by atoms with Crippen molar-refractivity contribution in [3.05, 3.63) is 54.6 Å².